The van der Waals surface area contributed by atoms with Crippen LogP contribution in [0.25, 0.3) is 0 Å². The fraction of sp³-hybridized carbons (Fsp3) is 0.679. The number of ether oxygens (including phenoxy) is 2. The van der Waals surface area contributed by atoms with Crippen LogP contribution in [-0.2, 0) is 32.0 Å². The minimum Gasteiger partial charge on any atom is -0.462 e. The standard InChI is InChI=1S/C28H36ClNO4/c1-5-33-26(32)21-12-17-13-23-20-7-6-18-14-19(34-16(2)31)8-10-27(18,3)22(20)9-11-28(23,4)25(17)30-24(21)15-29/h6,12,19-20,22-23H,5,7-11,13-15H2,1-4H3/t19-,20+,22-,23-,27-,28-/m0/s1. The number of carbonyl (C=O) groups excluding carboxylic acids is 2. The third-order valence-corrected chi connectivity index (χ3v) is 9.82. The summed E-state index contributed by atoms with van der Waals surface area (Å²) in [6.07, 6.45) is 9.72. The molecule has 1 aromatic rings. The van der Waals surface area contributed by atoms with E-state index >= 15 is 0 Å². The van der Waals surface area contributed by atoms with Gasteiger partial charge in [-0.2, -0.15) is 0 Å². The predicted octanol–water partition coefficient (Wildman–Crippen LogP) is 5.91. The van der Waals surface area contributed by atoms with E-state index in [9.17, 15) is 9.59 Å². The van der Waals surface area contributed by atoms with Gasteiger partial charge in [0.2, 0.25) is 0 Å². The van der Waals surface area contributed by atoms with E-state index in [4.69, 9.17) is 26.1 Å². The number of rotatable bonds is 4. The first kappa shape index (κ1) is 23.8. The highest BCUT2D eigenvalue weighted by Gasteiger charge is 2.58. The number of esters is 2. The molecule has 0 bridgehead atoms. The van der Waals surface area contributed by atoms with Crippen molar-refractivity contribution in [1.82, 2.24) is 4.98 Å². The summed E-state index contributed by atoms with van der Waals surface area (Å²) in [5.74, 6) is 1.45. The molecular formula is C28H36ClNO4. The molecule has 0 spiro atoms. The van der Waals surface area contributed by atoms with Crippen molar-refractivity contribution in [1.29, 1.82) is 0 Å². The molecule has 184 valence electrons. The van der Waals surface area contributed by atoms with Crippen molar-refractivity contribution in [3.8, 4) is 0 Å². The third kappa shape index (κ3) is 3.61. The predicted molar refractivity (Wildman–Crippen MR) is 131 cm³/mol. The van der Waals surface area contributed by atoms with Gasteiger partial charge in [0.05, 0.1) is 29.4 Å². The number of pyridine rings is 1. The number of carbonyl (C=O) groups is 2. The van der Waals surface area contributed by atoms with Gasteiger partial charge in [-0.3, -0.25) is 9.78 Å². The van der Waals surface area contributed by atoms with E-state index in [1.807, 2.05) is 13.0 Å². The Kier molecular flexibility index (Phi) is 6.07. The van der Waals surface area contributed by atoms with Crippen molar-refractivity contribution in [2.45, 2.75) is 90.0 Å². The van der Waals surface area contributed by atoms with E-state index in [0.29, 0.717) is 35.6 Å². The van der Waals surface area contributed by atoms with E-state index in [0.717, 1.165) is 44.2 Å². The maximum Gasteiger partial charge on any atom is 0.340 e. The molecule has 0 unspecified atom stereocenters. The molecule has 0 saturated heterocycles. The number of halogens is 1. The van der Waals surface area contributed by atoms with Gasteiger partial charge in [-0.05, 0) is 80.2 Å². The van der Waals surface area contributed by atoms with Gasteiger partial charge in [0.1, 0.15) is 6.10 Å². The highest BCUT2D eigenvalue weighted by atomic mass is 35.5. The smallest absolute Gasteiger partial charge is 0.340 e. The molecule has 1 heterocycles. The minimum atomic E-state index is -0.325. The number of fused-ring (bicyclic) bond motifs is 7. The molecule has 2 saturated carbocycles. The summed E-state index contributed by atoms with van der Waals surface area (Å²) in [6, 6.07) is 2.02. The topological polar surface area (TPSA) is 65.5 Å². The molecule has 0 aliphatic heterocycles. The Balaban J connectivity index is 1.46. The van der Waals surface area contributed by atoms with Crippen molar-refractivity contribution in [3.63, 3.8) is 0 Å². The van der Waals surface area contributed by atoms with Crippen LogP contribution in [0.15, 0.2) is 17.7 Å². The Morgan fingerprint density at radius 1 is 1.15 bits per heavy atom. The maximum atomic E-state index is 12.6. The lowest BCUT2D eigenvalue weighted by molar-refractivity contribution is -0.148. The van der Waals surface area contributed by atoms with Gasteiger partial charge in [-0.25, -0.2) is 4.79 Å². The third-order valence-electron chi connectivity index (χ3n) is 9.56. The fourth-order valence-electron chi connectivity index (χ4n) is 7.92. The first-order valence-corrected chi connectivity index (χ1v) is 13.4. The summed E-state index contributed by atoms with van der Waals surface area (Å²) < 4.78 is 10.9. The number of allylic oxidation sites excluding steroid dienone is 1. The Labute approximate surface area is 207 Å². The van der Waals surface area contributed by atoms with Gasteiger partial charge < -0.3 is 9.47 Å². The first-order chi connectivity index (χ1) is 16.2. The Morgan fingerprint density at radius 2 is 1.91 bits per heavy atom. The molecule has 4 aliphatic carbocycles. The summed E-state index contributed by atoms with van der Waals surface area (Å²) >= 11 is 6.24. The lowest BCUT2D eigenvalue weighted by Gasteiger charge is -2.57. The molecule has 5 rings (SSSR count). The number of hydrogen-bond acceptors (Lipinski definition) is 5. The van der Waals surface area contributed by atoms with Crippen molar-refractivity contribution >= 4 is 23.5 Å². The van der Waals surface area contributed by atoms with E-state index in [1.54, 1.807) is 0 Å². The molecule has 0 aromatic carbocycles. The highest BCUT2D eigenvalue weighted by molar-refractivity contribution is 6.17. The molecule has 0 N–H and O–H groups in total. The molecular weight excluding hydrogens is 450 g/mol. The zero-order chi connectivity index (χ0) is 24.3. The Morgan fingerprint density at radius 3 is 2.62 bits per heavy atom. The fourth-order valence-corrected chi connectivity index (χ4v) is 8.12. The lowest BCUT2D eigenvalue weighted by atomic mass is 9.48. The van der Waals surface area contributed by atoms with Crippen LogP contribution in [0.3, 0.4) is 0 Å². The van der Waals surface area contributed by atoms with Gasteiger partial charge in [0.15, 0.2) is 0 Å². The molecule has 1 aromatic heterocycles. The van der Waals surface area contributed by atoms with Crippen LogP contribution in [0.5, 0.6) is 0 Å². The first-order valence-electron chi connectivity index (χ1n) is 12.8. The number of hydrogen-bond donors (Lipinski definition) is 0. The molecule has 4 aliphatic rings. The zero-order valence-electron chi connectivity index (χ0n) is 20.8. The summed E-state index contributed by atoms with van der Waals surface area (Å²) in [7, 11) is 0. The Hall–Kier alpha value is -1.88. The van der Waals surface area contributed by atoms with Crippen molar-refractivity contribution < 1.29 is 19.1 Å². The normalized spacial score (nSPS) is 35.9. The van der Waals surface area contributed by atoms with Gasteiger partial charge in [0, 0.05) is 18.8 Å². The average Bonchev–Trinajstić information content (AvgIpc) is 3.10. The number of alkyl halides is 1. The maximum absolute atomic E-state index is 12.6. The lowest BCUT2D eigenvalue weighted by Crippen LogP contribution is -2.51. The molecule has 2 fully saturated rings. The van der Waals surface area contributed by atoms with Gasteiger partial charge in [0.25, 0.3) is 0 Å². The van der Waals surface area contributed by atoms with E-state index in [1.165, 1.54) is 24.5 Å². The highest BCUT2D eigenvalue weighted by Crippen LogP contribution is 2.64. The second-order valence-electron chi connectivity index (χ2n) is 11.2. The summed E-state index contributed by atoms with van der Waals surface area (Å²) in [4.78, 5) is 29.1. The summed E-state index contributed by atoms with van der Waals surface area (Å²) in [5.41, 5.74) is 5.21. The van der Waals surface area contributed by atoms with Gasteiger partial charge in [-0.1, -0.05) is 25.5 Å². The quantitative estimate of drug-likeness (QED) is 0.301. The molecule has 6 heteroatoms. The van der Waals surface area contributed by atoms with Crippen LogP contribution in [0.1, 0.15) is 93.5 Å². The van der Waals surface area contributed by atoms with Crippen LogP contribution in [0.2, 0.25) is 0 Å². The zero-order valence-corrected chi connectivity index (χ0v) is 21.5. The summed E-state index contributed by atoms with van der Waals surface area (Å²) in [5, 5.41) is 0. The molecule has 6 atom stereocenters. The van der Waals surface area contributed by atoms with Crippen molar-refractivity contribution in [2.75, 3.05) is 6.61 Å². The average molecular weight is 486 g/mol. The van der Waals surface area contributed by atoms with E-state index in [2.05, 4.69) is 19.9 Å². The number of nitrogens with zero attached hydrogens (tertiary/aromatic N) is 1. The second-order valence-corrected chi connectivity index (χ2v) is 11.5. The van der Waals surface area contributed by atoms with Crippen molar-refractivity contribution in [3.05, 3.63) is 40.2 Å². The van der Waals surface area contributed by atoms with Crippen LogP contribution >= 0.6 is 11.6 Å². The second kappa shape index (κ2) is 8.65. The SMILES string of the molecule is CCOC(=O)c1cc2c(nc1CCl)[C@@]1(C)CC[C@H]3[C@@H](CC=C4C[C@@H](OC(C)=O)CC[C@@]43C)[C@@H]1C2. The van der Waals surface area contributed by atoms with Crippen LogP contribution in [-0.4, -0.2) is 29.6 Å². The van der Waals surface area contributed by atoms with Crippen LogP contribution in [0, 0.1) is 23.2 Å². The van der Waals surface area contributed by atoms with Crippen LogP contribution in [0.4, 0.5) is 0 Å². The molecule has 0 radical (unpaired) electrons. The largest absolute Gasteiger partial charge is 0.462 e. The summed E-state index contributed by atoms with van der Waals surface area (Å²) in [6.45, 7) is 8.50. The van der Waals surface area contributed by atoms with Gasteiger partial charge >= 0.3 is 11.9 Å². The van der Waals surface area contributed by atoms with E-state index in [-0.39, 0.29) is 34.8 Å². The molecule has 5 nitrogen and oxygen atoms in total. The van der Waals surface area contributed by atoms with Gasteiger partial charge in [-0.15, -0.1) is 11.6 Å². The molecule has 0 amide bonds. The monoisotopic (exact) mass is 485 g/mol. The minimum absolute atomic E-state index is 0.0150. The van der Waals surface area contributed by atoms with E-state index < -0.39 is 0 Å². The Bertz CT molecular complexity index is 1050. The van der Waals surface area contributed by atoms with Crippen LogP contribution < -0.4 is 0 Å². The molecule has 34 heavy (non-hydrogen) atoms. The van der Waals surface area contributed by atoms with Crippen molar-refractivity contribution in [2.24, 2.45) is 23.2 Å². The number of aromatic nitrogens is 1.